The topological polar surface area (TPSA) is 41.6 Å². The fourth-order valence-corrected chi connectivity index (χ4v) is 3.50. The summed E-state index contributed by atoms with van der Waals surface area (Å²) < 4.78 is 18.6. The lowest BCUT2D eigenvalue weighted by atomic mass is 9.97. The van der Waals surface area contributed by atoms with Gasteiger partial charge in [-0.1, -0.05) is 12.1 Å². The minimum absolute atomic E-state index is 0. The van der Waals surface area contributed by atoms with E-state index >= 15 is 0 Å². The number of benzene rings is 1. The molecule has 4 nitrogen and oxygen atoms in total. The summed E-state index contributed by atoms with van der Waals surface area (Å²) >= 11 is 0. The molecule has 2 aliphatic heterocycles. The van der Waals surface area contributed by atoms with E-state index in [1.165, 1.54) is 12.1 Å². The first kappa shape index (κ1) is 18.2. The van der Waals surface area contributed by atoms with Gasteiger partial charge in [-0.05, 0) is 38.0 Å². The van der Waals surface area contributed by atoms with E-state index in [1.807, 2.05) is 24.0 Å². The largest absolute Gasteiger partial charge is 0.375 e. The third kappa shape index (κ3) is 3.84. The van der Waals surface area contributed by atoms with Crippen LogP contribution in [0.3, 0.4) is 0 Å². The molecule has 3 rings (SSSR count). The molecule has 1 aromatic carbocycles. The van der Waals surface area contributed by atoms with Crippen LogP contribution in [0.15, 0.2) is 24.3 Å². The van der Waals surface area contributed by atoms with E-state index in [0.717, 1.165) is 12.0 Å². The normalized spacial score (nSPS) is 30.8. The maximum Gasteiger partial charge on any atom is 0.242 e. The van der Waals surface area contributed by atoms with Crippen LogP contribution in [-0.2, 0) is 9.53 Å². The third-order valence-electron chi connectivity index (χ3n) is 4.78. The van der Waals surface area contributed by atoms with Crippen molar-refractivity contribution < 1.29 is 13.9 Å². The smallest absolute Gasteiger partial charge is 0.242 e. The van der Waals surface area contributed by atoms with E-state index in [2.05, 4.69) is 12.2 Å². The van der Waals surface area contributed by atoms with Gasteiger partial charge in [0.15, 0.2) is 0 Å². The maximum atomic E-state index is 13.1. The van der Waals surface area contributed by atoms with Crippen molar-refractivity contribution in [2.24, 2.45) is 0 Å². The number of morpholine rings is 1. The number of carbonyl (C=O) groups is 1. The molecule has 0 aromatic heterocycles. The number of hydrogen-bond acceptors (Lipinski definition) is 3. The molecule has 128 valence electrons. The molecule has 23 heavy (non-hydrogen) atoms. The SMILES string of the molecule is CC1CC(c2ccc(F)cc2)CN1C(=O)[C@H]1NCCO[C@@H]1C.Cl. The van der Waals surface area contributed by atoms with Crippen molar-refractivity contribution in [2.45, 2.75) is 44.4 Å². The van der Waals surface area contributed by atoms with E-state index in [9.17, 15) is 9.18 Å². The van der Waals surface area contributed by atoms with Crippen molar-refractivity contribution in [3.05, 3.63) is 35.6 Å². The minimum Gasteiger partial charge on any atom is -0.375 e. The number of hydrogen-bond donors (Lipinski definition) is 1. The minimum atomic E-state index is -0.261. The quantitative estimate of drug-likeness (QED) is 0.897. The first-order chi connectivity index (χ1) is 10.6. The molecule has 1 amide bonds. The van der Waals surface area contributed by atoms with Gasteiger partial charge in [-0.3, -0.25) is 4.79 Å². The molecule has 0 aliphatic carbocycles. The Morgan fingerprint density at radius 2 is 2.00 bits per heavy atom. The van der Waals surface area contributed by atoms with Crippen molar-refractivity contribution in [2.75, 3.05) is 19.7 Å². The van der Waals surface area contributed by atoms with Crippen molar-refractivity contribution >= 4 is 18.3 Å². The fourth-order valence-electron chi connectivity index (χ4n) is 3.50. The number of nitrogens with zero attached hydrogens (tertiary/aromatic N) is 1. The molecule has 2 fully saturated rings. The lowest BCUT2D eigenvalue weighted by Crippen LogP contribution is -2.57. The van der Waals surface area contributed by atoms with Crippen LogP contribution >= 0.6 is 12.4 Å². The second kappa shape index (κ2) is 7.60. The summed E-state index contributed by atoms with van der Waals surface area (Å²) in [5, 5.41) is 3.26. The molecule has 2 heterocycles. The number of ether oxygens (including phenoxy) is 1. The summed E-state index contributed by atoms with van der Waals surface area (Å²) in [5.41, 5.74) is 1.10. The number of likely N-dealkylation sites (tertiary alicyclic amines) is 1. The fraction of sp³-hybridized carbons (Fsp3) is 0.588. The monoisotopic (exact) mass is 342 g/mol. The average molecular weight is 343 g/mol. The van der Waals surface area contributed by atoms with Gasteiger partial charge in [0.05, 0.1) is 12.7 Å². The molecule has 0 spiro atoms. The van der Waals surface area contributed by atoms with Gasteiger partial charge in [0, 0.05) is 25.0 Å². The van der Waals surface area contributed by atoms with E-state index in [1.54, 1.807) is 0 Å². The van der Waals surface area contributed by atoms with Crippen LogP contribution in [0.5, 0.6) is 0 Å². The van der Waals surface area contributed by atoms with E-state index in [4.69, 9.17) is 4.74 Å². The van der Waals surface area contributed by atoms with Crippen LogP contribution in [0, 0.1) is 5.82 Å². The summed E-state index contributed by atoms with van der Waals surface area (Å²) in [5.74, 6) is 0.170. The van der Waals surface area contributed by atoms with Crippen LogP contribution in [0.4, 0.5) is 4.39 Å². The zero-order chi connectivity index (χ0) is 15.7. The van der Waals surface area contributed by atoms with Crippen LogP contribution in [0.1, 0.15) is 31.7 Å². The Labute approximate surface area is 142 Å². The predicted molar refractivity (Wildman–Crippen MR) is 89.4 cm³/mol. The highest BCUT2D eigenvalue weighted by atomic mass is 35.5. The average Bonchev–Trinajstić information content (AvgIpc) is 2.90. The molecule has 4 atom stereocenters. The standard InChI is InChI=1S/C17H23FN2O2.ClH/c1-11-9-14(13-3-5-15(18)6-4-13)10-20(11)17(21)16-12(2)22-8-7-19-16;/h3-6,11-12,14,16,19H,7-10H2,1-2H3;1H/t11?,12-,14?,16+;/m1./s1. The summed E-state index contributed by atoms with van der Waals surface area (Å²) in [4.78, 5) is 14.7. The van der Waals surface area contributed by atoms with Crippen molar-refractivity contribution in [1.29, 1.82) is 0 Å². The third-order valence-corrected chi connectivity index (χ3v) is 4.78. The van der Waals surface area contributed by atoms with Gasteiger partial charge in [0.2, 0.25) is 5.91 Å². The van der Waals surface area contributed by atoms with Gasteiger partial charge in [0.1, 0.15) is 11.9 Å². The van der Waals surface area contributed by atoms with E-state index in [0.29, 0.717) is 19.7 Å². The zero-order valence-electron chi connectivity index (χ0n) is 13.5. The highest BCUT2D eigenvalue weighted by molar-refractivity contribution is 5.85. The Bertz CT molecular complexity index is 540. The second-order valence-corrected chi connectivity index (χ2v) is 6.33. The predicted octanol–water partition coefficient (Wildman–Crippen LogP) is 2.33. The molecular weight excluding hydrogens is 319 g/mol. The number of nitrogens with one attached hydrogen (secondary N) is 1. The van der Waals surface area contributed by atoms with Gasteiger partial charge in [0.25, 0.3) is 0 Å². The molecule has 1 aromatic rings. The van der Waals surface area contributed by atoms with Gasteiger partial charge in [-0.2, -0.15) is 0 Å². The maximum absolute atomic E-state index is 13.1. The Hall–Kier alpha value is -1.17. The molecule has 2 saturated heterocycles. The second-order valence-electron chi connectivity index (χ2n) is 6.33. The van der Waals surface area contributed by atoms with Crippen LogP contribution < -0.4 is 5.32 Å². The van der Waals surface area contributed by atoms with E-state index in [-0.39, 0.29) is 48.2 Å². The Morgan fingerprint density at radius 3 is 2.65 bits per heavy atom. The molecule has 0 radical (unpaired) electrons. The Balaban J connectivity index is 0.00000192. The van der Waals surface area contributed by atoms with Crippen LogP contribution in [0.25, 0.3) is 0 Å². The first-order valence-corrected chi connectivity index (χ1v) is 7.97. The molecule has 1 N–H and O–H groups in total. The van der Waals surface area contributed by atoms with Gasteiger partial charge < -0.3 is 15.0 Å². The van der Waals surface area contributed by atoms with Crippen molar-refractivity contribution in [1.82, 2.24) is 10.2 Å². The van der Waals surface area contributed by atoms with Crippen LogP contribution in [-0.4, -0.2) is 48.7 Å². The van der Waals surface area contributed by atoms with Crippen LogP contribution in [0.2, 0.25) is 0 Å². The lowest BCUT2D eigenvalue weighted by Gasteiger charge is -2.33. The Kier molecular flexibility index (Phi) is 6.00. The van der Waals surface area contributed by atoms with Crippen molar-refractivity contribution in [3.8, 4) is 0 Å². The van der Waals surface area contributed by atoms with Gasteiger partial charge in [-0.15, -0.1) is 12.4 Å². The van der Waals surface area contributed by atoms with Gasteiger partial charge in [-0.25, -0.2) is 4.39 Å². The zero-order valence-corrected chi connectivity index (χ0v) is 14.3. The highest BCUT2D eigenvalue weighted by Gasteiger charge is 2.39. The summed E-state index contributed by atoms with van der Waals surface area (Å²) in [6, 6.07) is 6.56. The van der Waals surface area contributed by atoms with Gasteiger partial charge >= 0.3 is 0 Å². The summed E-state index contributed by atoms with van der Waals surface area (Å²) in [6.07, 6.45) is 0.817. The van der Waals surface area contributed by atoms with E-state index < -0.39 is 0 Å². The first-order valence-electron chi connectivity index (χ1n) is 7.97. The van der Waals surface area contributed by atoms with Crippen molar-refractivity contribution in [3.63, 3.8) is 0 Å². The number of halogens is 2. The number of rotatable bonds is 2. The molecule has 2 unspecified atom stereocenters. The summed E-state index contributed by atoms with van der Waals surface area (Å²) in [6.45, 7) is 6.07. The number of amides is 1. The molecular formula is C17H24ClFN2O2. The Morgan fingerprint density at radius 1 is 1.30 bits per heavy atom. The molecule has 6 heteroatoms. The molecule has 0 saturated carbocycles. The molecule has 2 aliphatic rings. The lowest BCUT2D eigenvalue weighted by molar-refractivity contribution is -0.140. The summed E-state index contributed by atoms with van der Waals surface area (Å²) in [7, 11) is 0. The number of carbonyl (C=O) groups excluding carboxylic acids is 1. The molecule has 0 bridgehead atoms. The highest BCUT2D eigenvalue weighted by Crippen LogP contribution is 2.32.